The highest BCUT2D eigenvalue weighted by Gasteiger charge is 2.25. The second-order valence-electron chi connectivity index (χ2n) is 5.83. The van der Waals surface area contributed by atoms with Crippen molar-refractivity contribution in [1.29, 1.82) is 0 Å². The Labute approximate surface area is 137 Å². The molecule has 1 aromatic carbocycles. The minimum atomic E-state index is -0.277. The van der Waals surface area contributed by atoms with Crippen LogP contribution in [0.3, 0.4) is 0 Å². The molecule has 7 nitrogen and oxygen atoms in total. The summed E-state index contributed by atoms with van der Waals surface area (Å²) in [6, 6.07) is 8.07. The van der Waals surface area contributed by atoms with E-state index in [1.54, 1.807) is 12.1 Å². The van der Waals surface area contributed by atoms with E-state index in [1.165, 1.54) is 12.1 Å². The van der Waals surface area contributed by atoms with Crippen LogP contribution in [0.1, 0.15) is 11.9 Å². The van der Waals surface area contributed by atoms with E-state index in [2.05, 4.69) is 30.6 Å². The molecule has 0 bridgehead atoms. The molecule has 24 heavy (non-hydrogen) atoms. The zero-order valence-corrected chi connectivity index (χ0v) is 13.2. The molecule has 8 heteroatoms. The van der Waals surface area contributed by atoms with Crippen molar-refractivity contribution >= 4 is 0 Å². The van der Waals surface area contributed by atoms with Crippen molar-refractivity contribution < 1.29 is 8.91 Å². The molecule has 124 valence electrons. The minimum absolute atomic E-state index is 0.0933. The second kappa shape index (κ2) is 6.14. The van der Waals surface area contributed by atoms with E-state index in [4.69, 9.17) is 4.52 Å². The molecule has 3 heterocycles. The predicted molar refractivity (Wildman–Crippen MR) is 85.5 cm³/mol. The van der Waals surface area contributed by atoms with Crippen molar-refractivity contribution in [2.24, 2.45) is 0 Å². The van der Waals surface area contributed by atoms with E-state index >= 15 is 0 Å². The van der Waals surface area contributed by atoms with Gasteiger partial charge in [-0.3, -0.25) is 10.00 Å². The zero-order chi connectivity index (χ0) is 16.5. The first-order valence-electron chi connectivity index (χ1n) is 7.77. The van der Waals surface area contributed by atoms with Crippen LogP contribution in [0.5, 0.6) is 0 Å². The summed E-state index contributed by atoms with van der Waals surface area (Å²) in [6.45, 7) is 2.69. The maximum Gasteiger partial charge on any atom is 0.276 e. The summed E-state index contributed by atoms with van der Waals surface area (Å²) in [7, 11) is 2.05. The first kappa shape index (κ1) is 15.0. The Hall–Kier alpha value is -2.58. The second-order valence-corrected chi connectivity index (χ2v) is 5.83. The standard InChI is InChI=1S/C16H17FN6O/c1-23-7-6-18-9-14(23)15-19-16(24-22-15)13-8-12(20-21-13)10-2-4-11(17)5-3-10/h2-5,8,14,18H,6-7,9H2,1H3,(H,20,21). The van der Waals surface area contributed by atoms with Crippen molar-refractivity contribution in [1.82, 2.24) is 30.6 Å². The monoisotopic (exact) mass is 328 g/mol. The van der Waals surface area contributed by atoms with Gasteiger partial charge in [0.1, 0.15) is 11.5 Å². The van der Waals surface area contributed by atoms with Crippen molar-refractivity contribution in [2.45, 2.75) is 6.04 Å². The molecule has 1 unspecified atom stereocenters. The lowest BCUT2D eigenvalue weighted by Crippen LogP contribution is -2.44. The highest BCUT2D eigenvalue weighted by molar-refractivity contribution is 5.64. The number of nitrogens with one attached hydrogen (secondary N) is 2. The maximum absolute atomic E-state index is 13.0. The average Bonchev–Trinajstić information content (AvgIpc) is 3.25. The van der Waals surface area contributed by atoms with Crippen molar-refractivity contribution in [2.75, 3.05) is 26.7 Å². The highest BCUT2D eigenvalue weighted by Crippen LogP contribution is 2.25. The third-order valence-corrected chi connectivity index (χ3v) is 4.20. The smallest absolute Gasteiger partial charge is 0.276 e. The Balaban J connectivity index is 1.58. The first-order chi connectivity index (χ1) is 11.7. The minimum Gasteiger partial charge on any atom is -0.332 e. The first-order valence-corrected chi connectivity index (χ1v) is 7.77. The molecule has 1 aliphatic heterocycles. The lowest BCUT2D eigenvalue weighted by Gasteiger charge is -2.30. The summed E-state index contributed by atoms with van der Waals surface area (Å²) in [6.07, 6.45) is 0. The number of aromatic amines is 1. The fourth-order valence-electron chi connectivity index (χ4n) is 2.77. The Morgan fingerprint density at radius 3 is 2.92 bits per heavy atom. The number of hydrogen-bond donors (Lipinski definition) is 2. The third-order valence-electron chi connectivity index (χ3n) is 4.20. The molecule has 2 aromatic heterocycles. The van der Waals surface area contributed by atoms with Crippen LogP contribution in [0, 0.1) is 5.82 Å². The van der Waals surface area contributed by atoms with Crippen LogP contribution >= 0.6 is 0 Å². The number of hydrogen-bond acceptors (Lipinski definition) is 6. The fraction of sp³-hybridized carbons (Fsp3) is 0.312. The average molecular weight is 328 g/mol. The molecular weight excluding hydrogens is 311 g/mol. The summed E-state index contributed by atoms with van der Waals surface area (Å²) in [5, 5.41) is 14.5. The zero-order valence-electron chi connectivity index (χ0n) is 13.2. The Bertz CT molecular complexity index is 827. The summed E-state index contributed by atoms with van der Waals surface area (Å²) >= 11 is 0. The molecule has 1 aliphatic rings. The van der Waals surface area contributed by atoms with Crippen LogP contribution in [0.2, 0.25) is 0 Å². The molecule has 1 saturated heterocycles. The van der Waals surface area contributed by atoms with Gasteiger partial charge in [0.15, 0.2) is 5.82 Å². The van der Waals surface area contributed by atoms with Gasteiger partial charge >= 0.3 is 0 Å². The van der Waals surface area contributed by atoms with E-state index in [0.29, 0.717) is 23.1 Å². The summed E-state index contributed by atoms with van der Waals surface area (Å²) in [5.74, 6) is 0.767. The van der Waals surface area contributed by atoms with Crippen LogP contribution in [0.4, 0.5) is 4.39 Å². The molecule has 0 radical (unpaired) electrons. The van der Waals surface area contributed by atoms with Gasteiger partial charge in [0.25, 0.3) is 5.89 Å². The Kier molecular flexibility index (Phi) is 3.83. The number of benzene rings is 1. The van der Waals surface area contributed by atoms with E-state index in [-0.39, 0.29) is 11.9 Å². The van der Waals surface area contributed by atoms with Crippen LogP contribution in [0.25, 0.3) is 22.8 Å². The molecule has 1 fully saturated rings. The largest absolute Gasteiger partial charge is 0.332 e. The number of piperazine rings is 1. The summed E-state index contributed by atoms with van der Waals surface area (Å²) < 4.78 is 18.4. The van der Waals surface area contributed by atoms with Crippen LogP contribution in [0.15, 0.2) is 34.9 Å². The molecule has 0 aliphatic carbocycles. The number of rotatable bonds is 3. The van der Waals surface area contributed by atoms with E-state index in [9.17, 15) is 4.39 Å². The van der Waals surface area contributed by atoms with Crippen molar-refractivity contribution in [3.05, 3.63) is 42.0 Å². The Morgan fingerprint density at radius 2 is 2.12 bits per heavy atom. The van der Waals surface area contributed by atoms with Gasteiger partial charge < -0.3 is 9.84 Å². The van der Waals surface area contributed by atoms with Gasteiger partial charge in [-0.05, 0) is 37.4 Å². The van der Waals surface area contributed by atoms with Crippen LogP contribution < -0.4 is 5.32 Å². The number of nitrogens with zero attached hydrogens (tertiary/aromatic N) is 4. The molecule has 2 N–H and O–H groups in total. The quantitative estimate of drug-likeness (QED) is 0.763. The normalized spacial score (nSPS) is 18.8. The van der Waals surface area contributed by atoms with Gasteiger partial charge in [0, 0.05) is 25.2 Å². The molecule has 3 aromatic rings. The summed E-state index contributed by atoms with van der Waals surface area (Å²) in [4.78, 5) is 6.68. The molecular formula is C16H17FN6O. The van der Waals surface area contributed by atoms with Crippen LogP contribution in [-0.4, -0.2) is 51.9 Å². The number of aromatic nitrogens is 4. The number of likely N-dealkylation sites (N-methyl/N-ethyl adjacent to an activating group) is 1. The van der Waals surface area contributed by atoms with Gasteiger partial charge in [-0.15, -0.1) is 0 Å². The number of H-pyrrole nitrogens is 1. The topological polar surface area (TPSA) is 82.9 Å². The SMILES string of the molecule is CN1CCNCC1c1noc(-c2cc(-c3ccc(F)cc3)n[nH]2)n1. The van der Waals surface area contributed by atoms with Crippen LogP contribution in [-0.2, 0) is 0 Å². The van der Waals surface area contributed by atoms with Crippen molar-refractivity contribution in [3.63, 3.8) is 0 Å². The molecule has 0 spiro atoms. The molecule has 0 amide bonds. The lowest BCUT2D eigenvalue weighted by molar-refractivity contribution is 0.190. The molecule has 0 saturated carbocycles. The van der Waals surface area contributed by atoms with E-state index in [0.717, 1.165) is 25.2 Å². The predicted octanol–water partition coefficient (Wildman–Crippen LogP) is 1.84. The molecule has 4 rings (SSSR count). The summed E-state index contributed by atoms with van der Waals surface area (Å²) in [5.41, 5.74) is 2.15. The Morgan fingerprint density at radius 1 is 1.29 bits per heavy atom. The lowest BCUT2D eigenvalue weighted by atomic mass is 10.1. The fourth-order valence-corrected chi connectivity index (χ4v) is 2.77. The highest BCUT2D eigenvalue weighted by atomic mass is 19.1. The molecule has 1 atom stereocenters. The van der Waals surface area contributed by atoms with Gasteiger partial charge in [-0.2, -0.15) is 10.1 Å². The maximum atomic E-state index is 13.0. The van der Waals surface area contributed by atoms with Crippen molar-refractivity contribution in [3.8, 4) is 22.8 Å². The van der Waals surface area contributed by atoms with Gasteiger partial charge in [-0.1, -0.05) is 5.16 Å². The van der Waals surface area contributed by atoms with E-state index in [1.807, 2.05) is 13.1 Å². The van der Waals surface area contributed by atoms with Gasteiger partial charge in [-0.25, -0.2) is 4.39 Å². The third kappa shape index (κ3) is 2.81. The van der Waals surface area contributed by atoms with E-state index < -0.39 is 0 Å². The van der Waals surface area contributed by atoms with Gasteiger partial charge in [0.05, 0.1) is 11.7 Å². The number of halogens is 1. The van der Waals surface area contributed by atoms with Gasteiger partial charge in [0.2, 0.25) is 0 Å².